The van der Waals surface area contributed by atoms with Crippen molar-refractivity contribution in [1.82, 2.24) is 9.47 Å². The molecule has 3 aromatic rings. The van der Waals surface area contributed by atoms with E-state index in [1.165, 1.54) is 21.8 Å². The van der Waals surface area contributed by atoms with Crippen LogP contribution in [0.3, 0.4) is 0 Å². The molecule has 1 atom stereocenters. The molecule has 4 heterocycles. The van der Waals surface area contributed by atoms with Crippen molar-refractivity contribution in [3.63, 3.8) is 0 Å². The fourth-order valence-corrected chi connectivity index (χ4v) is 6.31. The summed E-state index contributed by atoms with van der Waals surface area (Å²) in [6.45, 7) is 5.20. The normalized spacial score (nSPS) is 24.2. The second kappa shape index (κ2) is 7.68. The Hall–Kier alpha value is -1.42. The quantitative estimate of drug-likeness (QED) is 0.597. The molecule has 1 radical (unpaired) electrons. The summed E-state index contributed by atoms with van der Waals surface area (Å²) in [5.74, 6) is 0. The second-order valence-electron chi connectivity index (χ2n) is 6.63. The number of rotatable bonds is 2. The number of nitrogens with zero attached hydrogens (tertiary/aromatic N) is 2. The van der Waals surface area contributed by atoms with Gasteiger partial charge in [0.05, 0.1) is 0 Å². The third-order valence-electron chi connectivity index (χ3n) is 5.05. The van der Waals surface area contributed by atoms with Gasteiger partial charge in [-0.25, -0.2) is 0 Å². The third-order valence-corrected chi connectivity index (χ3v) is 7.99. The fraction of sp³-hybridized carbons (Fsp3) is 0.368. The van der Waals surface area contributed by atoms with E-state index >= 15 is 0 Å². The van der Waals surface area contributed by atoms with Crippen LogP contribution in [0.5, 0.6) is 0 Å². The first-order valence-electron chi connectivity index (χ1n) is 8.86. The van der Waals surface area contributed by atoms with Crippen LogP contribution in [0.25, 0.3) is 21.8 Å². The van der Waals surface area contributed by atoms with Gasteiger partial charge in [-0.2, -0.15) is 0 Å². The Morgan fingerprint density at radius 3 is 2.08 bits per heavy atom. The van der Waals surface area contributed by atoms with Gasteiger partial charge in [0.1, 0.15) is 0 Å². The van der Waals surface area contributed by atoms with Crippen molar-refractivity contribution in [2.45, 2.75) is 12.6 Å². The van der Waals surface area contributed by atoms with Crippen molar-refractivity contribution < 1.29 is 16.8 Å². The number of benzene rings is 2. The molecule has 2 aromatic carbocycles. The van der Waals surface area contributed by atoms with Crippen LogP contribution < -0.4 is 0 Å². The predicted molar refractivity (Wildman–Crippen MR) is 102 cm³/mol. The first kappa shape index (κ1) is 18.0. The molecule has 26 heavy (non-hydrogen) atoms. The van der Waals surface area contributed by atoms with Gasteiger partial charge in [-0.3, -0.25) is 0 Å². The zero-order chi connectivity index (χ0) is 16.6. The molecule has 6 rings (SSSR count). The molecular formula is C19H23GeN2O4. The molecule has 1 unspecified atom stereocenters. The van der Waals surface area contributed by atoms with Crippen molar-refractivity contribution in [3.8, 4) is 0 Å². The Kier molecular flexibility index (Phi) is 5.31. The van der Waals surface area contributed by atoms with Gasteiger partial charge in [0.15, 0.2) is 0 Å². The van der Waals surface area contributed by atoms with Crippen LogP contribution in [0.1, 0.15) is 0 Å². The SMILES string of the molecule is O.c1ccc2c(c1)c1ccccc1n2CC1CN2CC[O][Ge]([O]CC2)[O]1. The van der Waals surface area contributed by atoms with E-state index in [9.17, 15) is 0 Å². The molecule has 0 spiro atoms. The first-order valence-corrected chi connectivity index (χ1v) is 11.4. The average Bonchev–Trinajstić information content (AvgIpc) is 2.90. The van der Waals surface area contributed by atoms with Gasteiger partial charge in [-0.1, -0.05) is 0 Å². The fourth-order valence-electron chi connectivity index (χ4n) is 3.88. The first-order chi connectivity index (χ1) is 12.4. The third kappa shape index (κ3) is 3.29. The summed E-state index contributed by atoms with van der Waals surface area (Å²) >= 11 is -2.30. The van der Waals surface area contributed by atoms with Crippen LogP contribution in [0.2, 0.25) is 0 Å². The van der Waals surface area contributed by atoms with E-state index in [0.29, 0.717) is 0 Å². The molecule has 6 nitrogen and oxygen atoms in total. The number of hydrogen-bond acceptors (Lipinski definition) is 4. The summed E-state index contributed by atoms with van der Waals surface area (Å²) in [4.78, 5) is 2.40. The van der Waals surface area contributed by atoms with Gasteiger partial charge in [0, 0.05) is 0 Å². The van der Waals surface area contributed by atoms with Crippen molar-refractivity contribution in [2.24, 2.45) is 0 Å². The number of aromatic nitrogens is 1. The summed E-state index contributed by atoms with van der Waals surface area (Å²) in [6.07, 6.45) is 0.106. The van der Waals surface area contributed by atoms with Gasteiger partial charge in [-0.15, -0.1) is 0 Å². The van der Waals surface area contributed by atoms with E-state index in [1.807, 2.05) is 0 Å². The van der Waals surface area contributed by atoms with E-state index in [0.717, 1.165) is 39.4 Å². The van der Waals surface area contributed by atoms with E-state index in [2.05, 4.69) is 58.0 Å². The van der Waals surface area contributed by atoms with Crippen molar-refractivity contribution in [2.75, 3.05) is 32.8 Å². The number of fused-ring (bicyclic) bond motifs is 9. The molecule has 3 aliphatic rings. The molecule has 0 saturated carbocycles. The van der Waals surface area contributed by atoms with Crippen molar-refractivity contribution in [3.05, 3.63) is 48.5 Å². The van der Waals surface area contributed by atoms with Crippen LogP contribution in [-0.2, 0) is 17.8 Å². The zero-order valence-electron chi connectivity index (χ0n) is 14.6. The Balaban J connectivity index is 0.00000168. The number of para-hydroxylation sites is 2. The predicted octanol–water partition coefficient (Wildman–Crippen LogP) is 1.70. The van der Waals surface area contributed by atoms with E-state index in [4.69, 9.17) is 11.3 Å². The van der Waals surface area contributed by atoms with Gasteiger partial charge in [-0.05, 0) is 0 Å². The van der Waals surface area contributed by atoms with E-state index < -0.39 is 15.4 Å². The van der Waals surface area contributed by atoms with Gasteiger partial charge in [0.25, 0.3) is 0 Å². The van der Waals surface area contributed by atoms with Crippen molar-refractivity contribution >= 4 is 37.2 Å². The molecule has 3 saturated heterocycles. The van der Waals surface area contributed by atoms with Crippen LogP contribution in [-0.4, -0.2) is 69.3 Å². The van der Waals surface area contributed by atoms with E-state index in [-0.39, 0.29) is 11.6 Å². The van der Waals surface area contributed by atoms with E-state index in [1.54, 1.807) is 0 Å². The van der Waals surface area contributed by atoms with Crippen LogP contribution in [0.4, 0.5) is 0 Å². The summed E-state index contributed by atoms with van der Waals surface area (Å²) in [7, 11) is 0. The maximum atomic E-state index is 6.29. The van der Waals surface area contributed by atoms with Crippen LogP contribution in [0, 0.1) is 0 Å². The molecular weight excluding hydrogens is 393 g/mol. The molecule has 7 heteroatoms. The number of hydrogen-bond donors (Lipinski definition) is 0. The maximum absolute atomic E-state index is 6.29. The Morgan fingerprint density at radius 1 is 0.885 bits per heavy atom. The summed E-state index contributed by atoms with van der Waals surface area (Å²) in [6, 6.07) is 17.2. The summed E-state index contributed by atoms with van der Waals surface area (Å²) in [5, 5.41) is 2.60. The minimum atomic E-state index is -2.30. The average molecular weight is 416 g/mol. The minimum absolute atomic E-state index is 0. The molecule has 1 aromatic heterocycles. The van der Waals surface area contributed by atoms with Gasteiger partial charge < -0.3 is 5.48 Å². The molecule has 3 fully saturated rings. The molecule has 137 valence electrons. The van der Waals surface area contributed by atoms with Crippen LogP contribution >= 0.6 is 0 Å². The molecule has 0 amide bonds. The molecule has 2 bridgehead atoms. The Morgan fingerprint density at radius 2 is 1.46 bits per heavy atom. The van der Waals surface area contributed by atoms with Crippen LogP contribution in [0.15, 0.2) is 48.5 Å². The topological polar surface area (TPSA) is 67.4 Å². The summed E-state index contributed by atoms with van der Waals surface area (Å²) in [5.41, 5.74) is 2.53. The molecule has 2 N–H and O–H groups in total. The standard InChI is InChI=1S/C19H21GeN2O3.H2O/c1-3-7-18-16(5-1)17-6-2-4-8-19(17)22(18)14-15-13-21-9-11-23-20(25-15)24-12-10-21;/h1-8,15H,9-14H2;1H2. The Bertz CT molecular complexity index is 822. The molecule has 0 aliphatic carbocycles. The Labute approximate surface area is 157 Å². The zero-order valence-corrected chi connectivity index (χ0v) is 16.7. The molecule has 3 aliphatic heterocycles. The van der Waals surface area contributed by atoms with Crippen molar-refractivity contribution in [1.29, 1.82) is 0 Å². The van der Waals surface area contributed by atoms with Gasteiger partial charge >= 0.3 is 152 Å². The monoisotopic (exact) mass is 417 g/mol. The summed E-state index contributed by atoms with van der Waals surface area (Å²) < 4.78 is 20.4. The van der Waals surface area contributed by atoms with Gasteiger partial charge in [0.2, 0.25) is 0 Å². The second-order valence-corrected chi connectivity index (χ2v) is 9.39.